The van der Waals surface area contributed by atoms with Gasteiger partial charge in [0.2, 0.25) is 0 Å². The van der Waals surface area contributed by atoms with E-state index in [1.54, 1.807) is 6.20 Å². The van der Waals surface area contributed by atoms with Crippen molar-refractivity contribution in [3.8, 4) is 0 Å². The van der Waals surface area contributed by atoms with Crippen LogP contribution in [0.1, 0.15) is 17.1 Å². The van der Waals surface area contributed by atoms with E-state index in [-0.39, 0.29) is 0 Å². The Kier molecular flexibility index (Phi) is 3.84. The Hall–Kier alpha value is -1.29. The maximum atomic E-state index is 5.50. The van der Waals surface area contributed by atoms with E-state index in [1.165, 1.54) is 0 Å². The molecule has 0 saturated heterocycles. The maximum Gasteiger partial charge on any atom is 0.128 e. The Balaban J connectivity index is 1.90. The molecule has 0 unspecified atom stereocenters. The fraction of sp³-hybridized carbons (Fsp3) is 0.308. The molecule has 0 bridgehead atoms. The average molecular weight is 295 g/mol. The Morgan fingerprint density at radius 1 is 1.35 bits per heavy atom. The van der Waals surface area contributed by atoms with Gasteiger partial charge in [0.1, 0.15) is 17.3 Å². The first-order chi connectivity index (χ1) is 8.15. The quantitative estimate of drug-likeness (QED) is 0.934. The van der Waals surface area contributed by atoms with Crippen LogP contribution >= 0.6 is 15.9 Å². The van der Waals surface area contributed by atoms with E-state index in [4.69, 9.17) is 4.42 Å². The summed E-state index contributed by atoms with van der Waals surface area (Å²) in [4.78, 5) is 4.33. The number of rotatable bonds is 4. The normalized spacial score (nSPS) is 10.5. The second-order valence-corrected chi connectivity index (χ2v) is 4.92. The average Bonchev–Trinajstić information content (AvgIpc) is 2.68. The van der Waals surface area contributed by atoms with Gasteiger partial charge in [-0.15, -0.1) is 0 Å². The van der Waals surface area contributed by atoms with Gasteiger partial charge in [-0.1, -0.05) is 0 Å². The smallest absolute Gasteiger partial charge is 0.128 e. The molecule has 2 aromatic rings. The van der Waals surface area contributed by atoms with Crippen molar-refractivity contribution in [2.24, 2.45) is 0 Å². The minimum absolute atomic E-state index is 0.822. The van der Waals surface area contributed by atoms with E-state index in [2.05, 4.69) is 26.2 Å². The molecule has 0 amide bonds. The Labute approximate surface area is 109 Å². The molecule has 0 aliphatic carbocycles. The molecule has 0 atom stereocenters. The van der Waals surface area contributed by atoms with Crippen molar-refractivity contribution in [1.82, 2.24) is 4.98 Å². The minimum Gasteiger partial charge on any atom is -0.466 e. The van der Waals surface area contributed by atoms with Gasteiger partial charge >= 0.3 is 0 Å². The van der Waals surface area contributed by atoms with Crippen LogP contribution in [0.15, 0.2) is 33.3 Å². The first-order valence-electron chi connectivity index (χ1n) is 5.56. The van der Waals surface area contributed by atoms with Crippen molar-refractivity contribution < 1.29 is 4.42 Å². The van der Waals surface area contributed by atoms with Gasteiger partial charge in [0, 0.05) is 23.6 Å². The minimum atomic E-state index is 0.822. The third-order valence-corrected chi connectivity index (χ3v) is 2.94. The molecule has 0 saturated carbocycles. The summed E-state index contributed by atoms with van der Waals surface area (Å²) in [6.07, 6.45) is 2.66. The predicted molar refractivity (Wildman–Crippen MR) is 72.3 cm³/mol. The van der Waals surface area contributed by atoms with Gasteiger partial charge in [-0.2, -0.15) is 0 Å². The fourth-order valence-corrected chi connectivity index (χ4v) is 2.09. The Bertz CT molecular complexity index is 508. The molecule has 4 heteroatoms. The molecule has 0 aromatic carbocycles. The molecule has 1 N–H and O–H groups in total. The van der Waals surface area contributed by atoms with Gasteiger partial charge in [0.15, 0.2) is 0 Å². The van der Waals surface area contributed by atoms with E-state index in [0.29, 0.717) is 0 Å². The zero-order valence-corrected chi connectivity index (χ0v) is 11.5. The lowest BCUT2D eigenvalue weighted by molar-refractivity contribution is 0.486. The van der Waals surface area contributed by atoms with Crippen LogP contribution in [0.5, 0.6) is 0 Å². The van der Waals surface area contributed by atoms with E-state index < -0.39 is 0 Å². The molecule has 2 heterocycles. The van der Waals surface area contributed by atoms with Gasteiger partial charge in [-0.05, 0) is 53.5 Å². The Morgan fingerprint density at radius 2 is 2.18 bits per heavy atom. The number of pyridine rings is 1. The third-order valence-electron chi connectivity index (χ3n) is 2.50. The summed E-state index contributed by atoms with van der Waals surface area (Å²) in [6.45, 7) is 4.82. The van der Waals surface area contributed by atoms with Crippen LogP contribution in [-0.4, -0.2) is 11.5 Å². The molecular formula is C13H15BrN2O. The molecule has 2 rings (SSSR count). The second kappa shape index (κ2) is 5.36. The molecule has 90 valence electrons. The summed E-state index contributed by atoms with van der Waals surface area (Å²) in [5.41, 5.74) is 1.13. The highest BCUT2D eigenvalue weighted by Crippen LogP contribution is 2.16. The third kappa shape index (κ3) is 3.33. The zero-order chi connectivity index (χ0) is 12.3. The number of anilines is 1. The van der Waals surface area contributed by atoms with Gasteiger partial charge in [-0.25, -0.2) is 4.98 Å². The van der Waals surface area contributed by atoms with E-state index in [0.717, 1.165) is 40.3 Å². The first kappa shape index (κ1) is 12.2. The number of halogens is 1. The fourth-order valence-electron chi connectivity index (χ4n) is 1.65. The highest BCUT2D eigenvalue weighted by Gasteiger charge is 2.02. The summed E-state index contributed by atoms with van der Waals surface area (Å²) >= 11 is 3.40. The highest BCUT2D eigenvalue weighted by atomic mass is 79.9. The van der Waals surface area contributed by atoms with Crippen LogP contribution in [0, 0.1) is 13.8 Å². The van der Waals surface area contributed by atoms with E-state index in [9.17, 15) is 0 Å². The van der Waals surface area contributed by atoms with Crippen LogP contribution in [0.25, 0.3) is 0 Å². The molecule has 17 heavy (non-hydrogen) atoms. The van der Waals surface area contributed by atoms with Crippen molar-refractivity contribution in [1.29, 1.82) is 0 Å². The van der Waals surface area contributed by atoms with Crippen LogP contribution in [-0.2, 0) is 6.42 Å². The number of aromatic nitrogens is 1. The first-order valence-corrected chi connectivity index (χ1v) is 6.36. The lowest BCUT2D eigenvalue weighted by Gasteiger charge is -2.07. The number of hydrogen-bond donors (Lipinski definition) is 1. The SMILES string of the molecule is Cc1ccc(CCNc2ncc(Br)cc2C)o1. The molecule has 3 nitrogen and oxygen atoms in total. The summed E-state index contributed by atoms with van der Waals surface area (Å²) in [5, 5.41) is 3.31. The second-order valence-electron chi connectivity index (χ2n) is 4.01. The molecule has 0 fully saturated rings. The number of aryl methyl sites for hydroxylation is 2. The molecule has 0 aliphatic rings. The van der Waals surface area contributed by atoms with Crippen molar-refractivity contribution in [2.45, 2.75) is 20.3 Å². The van der Waals surface area contributed by atoms with Crippen molar-refractivity contribution in [3.05, 3.63) is 46.0 Å². The molecule has 2 aromatic heterocycles. The maximum absolute atomic E-state index is 5.50. The number of nitrogens with one attached hydrogen (secondary N) is 1. The number of furan rings is 1. The van der Waals surface area contributed by atoms with Crippen molar-refractivity contribution >= 4 is 21.7 Å². The molecule has 0 radical (unpaired) electrons. The predicted octanol–water partition coefficient (Wildman–Crippen LogP) is 3.71. The standard InChI is InChI=1S/C13H15BrN2O/c1-9-7-11(14)8-16-13(9)15-6-5-12-4-3-10(2)17-12/h3-4,7-8H,5-6H2,1-2H3,(H,15,16). The van der Waals surface area contributed by atoms with Crippen LogP contribution in [0.3, 0.4) is 0 Å². The summed E-state index contributed by atoms with van der Waals surface area (Å²) in [6, 6.07) is 6.05. The highest BCUT2D eigenvalue weighted by molar-refractivity contribution is 9.10. The van der Waals surface area contributed by atoms with E-state index >= 15 is 0 Å². The van der Waals surface area contributed by atoms with Crippen molar-refractivity contribution in [2.75, 3.05) is 11.9 Å². The zero-order valence-electron chi connectivity index (χ0n) is 9.96. The molecule has 0 aliphatic heterocycles. The summed E-state index contributed by atoms with van der Waals surface area (Å²) < 4.78 is 6.50. The van der Waals surface area contributed by atoms with Crippen molar-refractivity contribution in [3.63, 3.8) is 0 Å². The largest absolute Gasteiger partial charge is 0.466 e. The number of nitrogens with zero attached hydrogens (tertiary/aromatic N) is 1. The lowest BCUT2D eigenvalue weighted by Crippen LogP contribution is -2.07. The van der Waals surface area contributed by atoms with Crippen LogP contribution in [0.4, 0.5) is 5.82 Å². The van der Waals surface area contributed by atoms with Gasteiger partial charge < -0.3 is 9.73 Å². The topological polar surface area (TPSA) is 38.1 Å². The van der Waals surface area contributed by atoms with Gasteiger partial charge in [-0.3, -0.25) is 0 Å². The Morgan fingerprint density at radius 3 is 2.82 bits per heavy atom. The monoisotopic (exact) mass is 294 g/mol. The van der Waals surface area contributed by atoms with Gasteiger partial charge in [0.05, 0.1) is 0 Å². The van der Waals surface area contributed by atoms with E-state index in [1.807, 2.05) is 32.0 Å². The number of hydrogen-bond acceptors (Lipinski definition) is 3. The summed E-state index contributed by atoms with van der Waals surface area (Å²) in [7, 11) is 0. The van der Waals surface area contributed by atoms with Gasteiger partial charge in [0.25, 0.3) is 0 Å². The molecule has 0 spiro atoms. The van der Waals surface area contributed by atoms with Crippen LogP contribution < -0.4 is 5.32 Å². The lowest BCUT2D eigenvalue weighted by atomic mass is 10.3. The summed E-state index contributed by atoms with van der Waals surface area (Å²) in [5.74, 6) is 2.89. The molecular weight excluding hydrogens is 280 g/mol. The van der Waals surface area contributed by atoms with Crippen LogP contribution in [0.2, 0.25) is 0 Å².